The van der Waals surface area contributed by atoms with Crippen LogP contribution in [0, 0.1) is 5.82 Å². The molecule has 0 bridgehead atoms. The van der Waals surface area contributed by atoms with Crippen LogP contribution >= 0.6 is 0 Å². The van der Waals surface area contributed by atoms with Gasteiger partial charge in [-0.3, -0.25) is 4.90 Å². The van der Waals surface area contributed by atoms with E-state index in [0.717, 1.165) is 57.8 Å². The van der Waals surface area contributed by atoms with Crippen molar-refractivity contribution in [3.05, 3.63) is 65.5 Å². The van der Waals surface area contributed by atoms with Gasteiger partial charge in [-0.05, 0) is 56.7 Å². The van der Waals surface area contributed by atoms with Crippen molar-refractivity contribution in [1.82, 2.24) is 9.80 Å². The Morgan fingerprint density at radius 2 is 1.69 bits per heavy atom. The smallest absolute Gasteiger partial charge is 0.125 e. The summed E-state index contributed by atoms with van der Waals surface area (Å²) in [7, 11) is 4.19. The molecule has 0 unspecified atom stereocenters. The minimum Gasteiger partial charge on any atom is -0.369 e. The van der Waals surface area contributed by atoms with Crippen molar-refractivity contribution < 1.29 is 4.39 Å². The van der Waals surface area contributed by atoms with Crippen molar-refractivity contribution in [2.45, 2.75) is 19.4 Å². The second-order valence-electron chi connectivity index (χ2n) is 7.43. The summed E-state index contributed by atoms with van der Waals surface area (Å²) in [6.07, 6.45) is 2.09. The summed E-state index contributed by atoms with van der Waals surface area (Å²) in [5.41, 5.74) is 3.71. The summed E-state index contributed by atoms with van der Waals surface area (Å²) >= 11 is 0. The molecule has 0 aliphatic carbocycles. The zero-order chi connectivity index (χ0) is 18.4. The highest BCUT2D eigenvalue weighted by molar-refractivity contribution is 5.54. The first-order valence-corrected chi connectivity index (χ1v) is 9.56. The molecule has 26 heavy (non-hydrogen) atoms. The maximum absolute atomic E-state index is 13.9. The van der Waals surface area contributed by atoms with Gasteiger partial charge in [0.1, 0.15) is 5.82 Å². The van der Waals surface area contributed by atoms with Crippen LogP contribution in [0.2, 0.25) is 0 Å². The van der Waals surface area contributed by atoms with Crippen LogP contribution in [0.4, 0.5) is 10.1 Å². The second kappa shape index (κ2) is 9.15. The predicted octanol–water partition coefficient (Wildman–Crippen LogP) is 3.64. The molecule has 1 heterocycles. The molecular formula is C22H30FN3. The average molecular weight is 356 g/mol. The Balaban J connectivity index is 1.60. The van der Waals surface area contributed by atoms with Gasteiger partial charge in [-0.25, -0.2) is 4.39 Å². The highest BCUT2D eigenvalue weighted by Gasteiger charge is 2.19. The average Bonchev–Trinajstić information content (AvgIpc) is 2.64. The number of rotatable bonds is 7. The molecule has 3 rings (SSSR count). The number of aryl methyl sites for hydroxylation is 1. The number of nitrogens with zero attached hydrogens (tertiary/aromatic N) is 3. The van der Waals surface area contributed by atoms with Crippen LogP contribution in [0.5, 0.6) is 0 Å². The van der Waals surface area contributed by atoms with Gasteiger partial charge >= 0.3 is 0 Å². The standard InChI is InChI=1S/C22H30FN3/c1-24(2)12-6-9-20-10-11-21(23)17-22(20)26-15-13-25(14-16-26)18-19-7-4-3-5-8-19/h3-5,7-8,10-11,17H,6,9,12-16,18H2,1-2H3. The van der Waals surface area contributed by atoms with E-state index in [4.69, 9.17) is 0 Å². The van der Waals surface area contributed by atoms with Gasteiger partial charge in [0, 0.05) is 38.4 Å². The molecule has 0 radical (unpaired) electrons. The Labute approximate surface area is 157 Å². The van der Waals surface area contributed by atoms with E-state index in [9.17, 15) is 4.39 Å². The molecule has 4 heteroatoms. The highest BCUT2D eigenvalue weighted by atomic mass is 19.1. The molecule has 0 amide bonds. The molecule has 1 aliphatic heterocycles. The SMILES string of the molecule is CN(C)CCCc1ccc(F)cc1N1CCN(Cc2ccccc2)CC1. The maximum Gasteiger partial charge on any atom is 0.125 e. The lowest BCUT2D eigenvalue weighted by molar-refractivity contribution is 0.249. The van der Waals surface area contributed by atoms with Gasteiger partial charge in [-0.1, -0.05) is 36.4 Å². The van der Waals surface area contributed by atoms with Gasteiger partial charge in [-0.15, -0.1) is 0 Å². The Morgan fingerprint density at radius 3 is 2.38 bits per heavy atom. The number of hydrogen-bond donors (Lipinski definition) is 0. The van der Waals surface area contributed by atoms with E-state index in [1.165, 1.54) is 11.1 Å². The number of halogens is 1. The lowest BCUT2D eigenvalue weighted by Gasteiger charge is -2.37. The molecule has 3 nitrogen and oxygen atoms in total. The third-order valence-corrected chi connectivity index (χ3v) is 5.06. The van der Waals surface area contributed by atoms with E-state index in [1.807, 2.05) is 6.07 Å². The molecule has 2 aromatic rings. The molecule has 1 aliphatic rings. The summed E-state index contributed by atoms with van der Waals surface area (Å²) in [5, 5.41) is 0. The predicted molar refractivity (Wildman–Crippen MR) is 107 cm³/mol. The Bertz CT molecular complexity index is 679. The molecule has 0 spiro atoms. The largest absolute Gasteiger partial charge is 0.369 e. The fourth-order valence-corrected chi connectivity index (χ4v) is 3.62. The first-order valence-electron chi connectivity index (χ1n) is 9.56. The van der Waals surface area contributed by atoms with Gasteiger partial charge in [-0.2, -0.15) is 0 Å². The van der Waals surface area contributed by atoms with Crippen molar-refractivity contribution in [3.8, 4) is 0 Å². The molecule has 140 valence electrons. The number of anilines is 1. The topological polar surface area (TPSA) is 9.72 Å². The Kier molecular flexibility index (Phi) is 6.64. The van der Waals surface area contributed by atoms with Crippen LogP contribution in [-0.4, -0.2) is 56.6 Å². The summed E-state index contributed by atoms with van der Waals surface area (Å²) in [5.74, 6) is -0.136. The quantitative estimate of drug-likeness (QED) is 0.751. The molecule has 1 fully saturated rings. The van der Waals surface area contributed by atoms with Crippen LogP contribution in [-0.2, 0) is 13.0 Å². The molecule has 0 aromatic heterocycles. The summed E-state index contributed by atoms with van der Waals surface area (Å²) < 4.78 is 13.9. The van der Waals surface area contributed by atoms with E-state index in [1.54, 1.807) is 12.1 Å². The van der Waals surface area contributed by atoms with Crippen molar-refractivity contribution in [2.24, 2.45) is 0 Å². The minimum absolute atomic E-state index is 0.136. The van der Waals surface area contributed by atoms with Gasteiger partial charge in [0.05, 0.1) is 0 Å². The Hall–Kier alpha value is -1.91. The fraction of sp³-hybridized carbons (Fsp3) is 0.455. The zero-order valence-corrected chi connectivity index (χ0v) is 16.0. The monoisotopic (exact) mass is 355 g/mol. The molecule has 0 saturated carbocycles. The highest BCUT2D eigenvalue weighted by Crippen LogP contribution is 2.25. The Morgan fingerprint density at radius 1 is 0.962 bits per heavy atom. The van der Waals surface area contributed by atoms with E-state index < -0.39 is 0 Å². The van der Waals surface area contributed by atoms with Gasteiger partial charge < -0.3 is 9.80 Å². The number of hydrogen-bond acceptors (Lipinski definition) is 3. The van der Waals surface area contributed by atoms with E-state index in [0.29, 0.717) is 0 Å². The molecule has 2 aromatic carbocycles. The first kappa shape index (κ1) is 18.9. The summed E-state index contributed by atoms with van der Waals surface area (Å²) in [4.78, 5) is 7.04. The fourth-order valence-electron chi connectivity index (χ4n) is 3.62. The summed E-state index contributed by atoms with van der Waals surface area (Å²) in [6.45, 7) is 5.99. The van der Waals surface area contributed by atoms with Crippen molar-refractivity contribution >= 4 is 5.69 Å². The maximum atomic E-state index is 13.9. The van der Waals surface area contributed by atoms with Crippen LogP contribution in [0.25, 0.3) is 0 Å². The van der Waals surface area contributed by atoms with Crippen LogP contribution in [0.1, 0.15) is 17.5 Å². The third-order valence-electron chi connectivity index (χ3n) is 5.06. The minimum atomic E-state index is -0.136. The number of benzene rings is 2. The molecule has 0 atom stereocenters. The van der Waals surface area contributed by atoms with Crippen molar-refractivity contribution in [2.75, 3.05) is 51.7 Å². The van der Waals surface area contributed by atoms with Gasteiger partial charge in [0.2, 0.25) is 0 Å². The lowest BCUT2D eigenvalue weighted by atomic mass is 10.1. The van der Waals surface area contributed by atoms with E-state index in [2.05, 4.69) is 59.1 Å². The van der Waals surface area contributed by atoms with Crippen LogP contribution < -0.4 is 4.90 Å². The first-order chi connectivity index (χ1) is 12.6. The number of piperazine rings is 1. The molecule has 1 saturated heterocycles. The van der Waals surface area contributed by atoms with E-state index in [-0.39, 0.29) is 5.82 Å². The molecule has 0 N–H and O–H groups in total. The lowest BCUT2D eigenvalue weighted by Crippen LogP contribution is -2.46. The zero-order valence-electron chi connectivity index (χ0n) is 16.0. The molecular weight excluding hydrogens is 325 g/mol. The summed E-state index contributed by atoms with van der Waals surface area (Å²) in [6, 6.07) is 15.9. The van der Waals surface area contributed by atoms with E-state index >= 15 is 0 Å². The van der Waals surface area contributed by atoms with Gasteiger partial charge in [0.15, 0.2) is 0 Å². The van der Waals surface area contributed by atoms with Crippen LogP contribution in [0.15, 0.2) is 48.5 Å². The third kappa shape index (κ3) is 5.29. The van der Waals surface area contributed by atoms with Crippen molar-refractivity contribution in [1.29, 1.82) is 0 Å². The van der Waals surface area contributed by atoms with Crippen molar-refractivity contribution in [3.63, 3.8) is 0 Å². The normalized spacial score (nSPS) is 15.6. The second-order valence-corrected chi connectivity index (χ2v) is 7.43. The van der Waals surface area contributed by atoms with Crippen LogP contribution in [0.3, 0.4) is 0 Å². The van der Waals surface area contributed by atoms with Gasteiger partial charge in [0.25, 0.3) is 0 Å².